The molecule has 0 saturated carbocycles. The number of rotatable bonds is 6. The van der Waals surface area contributed by atoms with Gasteiger partial charge in [-0.3, -0.25) is 0 Å². The minimum absolute atomic E-state index is 0.0748. The van der Waals surface area contributed by atoms with E-state index in [9.17, 15) is 9.90 Å². The van der Waals surface area contributed by atoms with E-state index >= 15 is 0 Å². The summed E-state index contributed by atoms with van der Waals surface area (Å²) in [6.07, 6.45) is -0.0960. The Morgan fingerprint density at radius 3 is 2.36 bits per heavy atom. The molecule has 5 nitrogen and oxygen atoms in total. The van der Waals surface area contributed by atoms with Gasteiger partial charge >= 0.3 is 6.03 Å². The normalized spacial score (nSPS) is 14.3. The molecule has 124 valence electrons. The third-order valence-corrected chi connectivity index (χ3v) is 3.71. The van der Waals surface area contributed by atoms with Crippen molar-refractivity contribution >= 4 is 17.6 Å². The Morgan fingerprint density at radius 2 is 1.91 bits per heavy atom. The first-order valence-corrected chi connectivity index (χ1v) is 7.59. The van der Waals surface area contributed by atoms with Crippen molar-refractivity contribution in [3.05, 3.63) is 34.9 Å². The van der Waals surface area contributed by atoms with E-state index in [0.29, 0.717) is 11.6 Å². The number of carbonyl (C=O) groups is 1. The molecule has 0 aliphatic rings. The smallest absolute Gasteiger partial charge is 0.315 e. The largest absolute Gasteiger partial charge is 0.394 e. The van der Waals surface area contributed by atoms with Crippen LogP contribution in [0, 0.1) is 5.41 Å². The Kier molecular flexibility index (Phi) is 7.13. The predicted molar refractivity (Wildman–Crippen MR) is 88.1 cm³/mol. The first-order chi connectivity index (χ1) is 10.3. The Hall–Kier alpha value is -1.30. The zero-order valence-corrected chi connectivity index (χ0v) is 14.3. The van der Waals surface area contributed by atoms with Crippen LogP contribution < -0.4 is 10.6 Å². The van der Waals surface area contributed by atoms with Crippen molar-refractivity contribution < 1.29 is 14.6 Å². The van der Waals surface area contributed by atoms with Crippen LogP contribution in [0.5, 0.6) is 0 Å². The molecule has 2 atom stereocenters. The van der Waals surface area contributed by atoms with Gasteiger partial charge in [0.2, 0.25) is 0 Å². The highest BCUT2D eigenvalue weighted by Gasteiger charge is 2.25. The van der Waals surface area contributed by atoms with Crippen molar-refractivity contribution in [1.82, 2.24) is 10.6 Å². The lowest BCUT2D eigenvalue weighted by molar-refractivity contribution is 0.0193. The van der Waals surface area contributed by atoms with Gasteiger partial charge in [0.15, 0.2) is 0 Å². The third-order valence-electron chi connectivity index (χ3n) is 3.46. The first-order valence-electron chi connectivity index (χ1n) is 7.21. The first kappa shape index (κ1) is 18.7. The molecule has 3 N–H and O–H groups in total. The number of benzene rings is 1. The molecule has 0 bridgehead atoms. The molecule has 1 rings (SSSR count). The van der Waals surface area contributed by atoms with Gasteiger partial charge in [-0.2, -0.15) is 0 Å². The zero-order valence-electron chi connectivity index (χ0n) is 13.5. The van der Waals surface area contributed by atoms with Crippen molar-refractivity contribution in [2.45, 2.75) is 32.9 Å². The zero-order chi connectivity index (χ0) is 16.8. The maximum Gasteiger partial charge on any atom is 0.315 e. The van der Waals surface area contributed by atoms with Crippen LogP contribution in [0.1, 0.15) is 32.4 Å². The van der Waals surface area contributed by atoms with E-state index in [1.165, 1.54) is 0 Å². The third kappa shape index (κ3) is 5.83. The number of ether oxygens (including phenoxy) is 1. The summed E-state index contributed by atoms with van der Waals surface area (Å²) < 4.78 is 5.39. The molecule has 6 heteroatoms. The van der Waals surface area contributed by atoms with Crippen LogP contribution in [0.25, 0.3) is 0 Å². The minimum atomic E-state index is -0.479. The number of aliphatic hydroxyl groups excluding tert-OH is 1. The van der Waals surface area contributed by atoms with Gasteiger partial charge < -0.3 is 20.5 Å². The summed E-state index contributed by atoms with van der Waals surface area (Å²) >= 11 is 5.83. The van der Waals surface area contributed by atoms with Crippen molar-refractivity contribution in [2.75, 3.05) is 20.3 Å². The van der Waals surface area contributed by atoms with E-state index in [0.717, 1.165) is 5.56 Å². The van der Waals surface area contributed by atoms with Crippen LogP contribution in [0.2, 0.25) is 5.02 Å². The fourth-order valence-electron chi connectivity index (χ4n) is 2.07. The molecular weight excluding hydrogens is 304 g/mol. The topological polar surface area (TPSA) is 70.6 Å². The molecule has 2 amide bonds. The van der Waals surface area contributed by atoms with Gasteiger partial charge in [-0.05, 0) is 23.1 Å². The number of nitrogens with one attached hydrogen (secondary N) is 2. The van der Waals surface area contributed by atoms with Crippen LogP contribution >= 0.6 is 11.6 Å². The Bertz CT molecular complexity index is 471. The monoisotopic (exact) mass is 328 g/mol. The van der Waals surface area contributed by atoms with Crippen LogP contribution in [-0.2, 0) is 4.74 Å². The van der Waals surface area contributed by atoms with Crippen molar-refractivity contribution in [3.63, 3.8) is 0 Å². The molecule has 0 aliphatic heterocycles. The van der Waals surface area contributed by atoms with Gasteiger partial charge in [-0.25, -0.2) is 4.79 Å². The van der Waals surface area contributed by atoms with E-state index in [-0.39, 0.29) is 24.2 Å². The number of hydrogen-bond donors (Lipinski definition) is 3. The van der Waals surface area contributed by atoms with Gasteiger partial charge in [0.05, 0.1) is 18.8 Å². The molecule has 1 aromatic rings. The molecule has 2 unspecified atom stereocenters. The fraction of sp³-hybridized carbons (Fsp3) is 0.562. The maximum atomic E-state index is 12.0. The Balaban J connectivity index is 2.57. The minimum Gasteiger partial charge on any atom is -0.394 e. The standard InChI is InChI=1S/C16H25ClN2O3/c1-16(2,3)14(22-4)9-18-15(21)19-13(10-20)11-5-7-12(17)8-6-11/h5-8,13-14,20H,9-10H2,1-4H3,(H2,18,19,21). The van der Waals surface area contributed by atoms with E-state index in [4.69, 9.17) is 16.3 Å². The maximum absolute atomic E-state index is 12.0. The number of urea groups is 1. The van der Waals surface area contributed by atoms with Crippen LogP contribution in [0.15, 0.2) is 24.3 Å². The van der Waals surface area contributed by atoms with Crippen LogP contribution in [-0.4, -0.2) is 37.5 Å². The van der Waals surface area contributed by atoms with Crippen molar-refractivity contribution in [3.8, 4) is 0 Å². The molecule has 0 saturated heterocycles. The average molecular weight is 329 g/mol. The molecule has 0 heterocycles. The van der Waals surface area contributed by atoms with Gasteiger partial charge in [-0.15, -0.1) is 0 Å². The van der Waals surface area contributed by atoms with Crippen molar-refractivity contribution in [1.29, 1.82) is 0 Å². The lowest BCUT2D eigenvalue weighted by atomic mass is 9.89. The molecule has 0 fully saturated rings. The van der Waals surface area contributed by atoms with E-state index < -0.39 is 6.04 Å². The van der Waals surface area contributed by atoms with E-state index in [1.807, 2.05) is 20.8 Å². The number of carbonyl (C=O) groups excluding carboxylic acids is 1. The lowest BCUT2D eigenvalue weighted by Crippen LogP contribution is -2.45. The predicted octanol–water partition coefficient (Wildman–Crippen LogP) is 2.73. The number of amides is 2. The number of methoxy groups -OCH3 is 1. The number of aliphatic hydroxyl groups is 1. The second-order valence-electron chi connectivity index (χ2n) is 6.23. The summed E-state index contributed by atoms with van der Waals surface area (Å²) in [5.41, 5.74) is 0.718. The van der Waals surface area contributed by atoms with Crippen LogP contribution in [0.4, 0.5) is 4.79 Å². The molecular formula is C16H25ClN2O3. The van der Waals surface area contributed by atoms with Gasteiger partial charge in [0.25, 0.3) is 0 Å². The Morgan fingerprint density at radius 1 is 1.32 bits per heavy atom. The SMILES string of the molecule is COC(CNC(=O)NC(CO)c1ccc(Cl)cc1)C(C)(C)C. The summed E-state index contributed by atoms with van der Waals surface area (Å²) in [5.74, 6) is 0. The summed E-state index contributed by atoms with van der Waals surface area (Å²) in [7, 11) is 1.62. The molecule has 0 radical (unpaired) electrons. The summed E-state index contributed by atoms with van der Waals surface area (Å²) in [6.45, 7) is 6.34. The fourth-order valence-corrected chi connectivity index (χ4v) is 2.19. The lowest BCUT2D eigenvalue weighted by Gasteiger charge is -2.29. The number of halogens is 1. The van der Waals surface area contributed by atoms with Gasteiger partial charge in [0.1, 0.15) is 0 Å². The summed E-state index contributed by atoms with van der Waals surface area (Å²) in [4.78, 5) is 12.0. The van der Waals surface area contributed by atoms with Crippen LogP contribution in [0.3, 0.4) is 0 Å². The van der Waals surface area contributed by atoms with Gasteiger partial charge in [0, 0.05) is 18.7 Å². The van der Waals surface area contributed by atoms with E-state index in [2.05, 4.69) is 10.6 Å². The van der Waals surface area contributed by atoms with E-state index in [1.54, 1.807) is 31.4 Å². The molecule has 1 aromatic carbocycles. The molecule has 0 aliphatic carbocycles. The average Bonchev–Trinajstić information content (AvgIpc) is 2.45. The molecule has 0 aromatic heterocycles. The van der Waals surface area contributed by atoms with Crippen molar-refractivity contribution in [2.24, 2.45) is 5.41 Å². The number of hydrogen-bond acceptors (Lipinski definition) is 3. The quantitative estimate of drug-likeness (QED) is 0.752. The Labute approximate surface area is 137 Å². The summed E-state index contributed by atoms with van der Waals surface area (Å²) in [5, 5.41) is 15.6. The highest BCUT2D eigenvalue weighted by Crippen LogP contribution is 2.21. The molecule has 22 heavy (non-hydrogen) atoms. The second kappa shape index (κ2) is 8.36. The highest BCUT2D eigenvalue weighted by atomic mass is 35.5. The highest BCUT2D eigenvalue weighted by molar-refractivity contribution is 6.30. The molecule has 0 spiro atoms. The second-order valence-corrected chi connectivity index (χ2v) is 6.67. The summed E-state index contributed by atoms with van der Waals surface area (Å²) in [6, 6.07) is 6.17. The van der Waals surface area contributed by atoms with Gasteiger partial charge in [-0.1, -0.05) is 44.5 Å².